The number of ketones is 2. The highest BCUT2D eigenvalue weighted by molar-refractivity contribution is 6.51. The van der Waals surface area contributed by atoms with E-state index in [0.717, 1.165) is 17.6 Å². The number of hydrogen-bond donors (Lipinski definition) is 1. The first kappa shape index (κ1) is 14.2. The number of rotatable bonds is 1. The molecule has 4 aliphatic rings. The molecule has 0 saturated heterocycles. The molecule has 0 radical (unpaired) electrons. The Hall–Kier alpha value is -2.40. The summed E-state index contributed by atoms with van der Waals surface area (Å²) in [4.78, 5) is 30.8. The van der Waals surface area contributed by atoms with Crippen LogP contribution in [0.3, 0.4) is 0 Å². The largest absolute Gasteiger partial charge is 0.497 e. The zero-order valence-corrected chi connectivity index (χ0v) is 13.1. The quantitative estimate of drug-likeness (QED) is 0.751. The Morgan fingerprint density at radius 2 is 2.13 bits per heavy atom. The lowest BCUT2D eigenvalue weighted by atomic mass is 9.66. The van der Waals surface area contributed by atoms with Gasteiger partial charge in [0, 0.05) is 23.1 Å². The number of hydrogen-bond acceptors (Lipinski definition) is 5. The van der Waals surface area contributed by atoms with Crippen LogP contribution in [0.15, 0.2) is 58.1 Å². The number of carbonyl (C=O) groups excluding carboxylic acids is 2. The number of methoxy groups -OCH3 is 1. The molecule has 0 aromatic heterocycles. The van der Waals surface area contributed by atoms with Crippen molar-refractivity contribution in [2.24, 2.45) is 5.41 Å². The first-order chi connectivity index (χ1) is 11.0. The van der Waals surface area contributed by atoms with Gasteiger partial charge >= 0.3 is 0 Å². The molecule has 118 valence electrons. The molecule has 0 spiro atoms. The van der Waals surface area contributed by atoms with E-state index in [1.54, 1.807) is 7.11 Å². The van der Waals surface area contributed by atoms with Crippen molar-refractivity contribution in [2.75, 3.05) is 13.7 Å². The molecule has 5 nitrogen and oxygen atoms in total. The Kier molecular flexibility index (Phi) is 2.96. The molecule has 4 rings (SSSR count). The van der Waals surface area contributed by atoms with Gasteiger partial charge in [0.25, 0.3) is 0 Å². The third kappa shape index (κ3) is 1.90. The number of nitrogens with one attached hydrogen (secondary N) is 1. The molecule has 23 heavy (non-hydrogen) atoms. The highest BCUT2D eigenvalue weighted by Crippen LogP contribution is 2.48. The van der Waals surface area contributed by atoms with Gasteiger partial charge in [0.15, 0.2) is 5.76 Å². The minimum atomic E-state index is -0.452. The Balaban J connectivity index is 1.97. The molecule has 1 atom stereocenters. The van der Waals surface area contributed by atoms with E-state index in [1.165, 1.54) is 0 Å². The van der Waals surface area contributed by atoms with E-state index in [1.807, 2.05) is 24.3 Å². The Bertz CT molecular complexity index is 794. The van der Waals surface area contributed by atoms with Gasteiger partial charge in [0.05, 0.1) is 12.7 Å². The van der Waals surface area contributed by atoms with E-state index in [9.17, 15) is 9.59 Å². The predicted molar refractivity (Wildman–Crippen MR) is 82.8 cm³/mol. The number of carbonyl (C=O) groups is 2. The standard InChI is InChI=1S/C18H17NO4/c1-18-6-3-10(22-2)9-13(18)14-11(4-7-18)17-12(5-8-19-23-17)15(20)16(14)21/h3-4,6,9,19H,5,7-8H2,1-2H3. The highest BCUT2D eigenvalue weighted by Gasteiger charge is 2.44. The van der Waals surface area contributed by atoms with Crippen molar-refractivity contribution < 1.29 is 19.2 Å². The molecule has 0 aromatic rings. The van der Waals surface area contributed by atoms with E-state index < -0.39 is 11.6 Å². The van der Waals surface area contributed by atoms with Crippen molar-refractivity contribution in [2.45, 2.75) is 19.8 Å². The van der Waals surface area contributed by atoms with Gasteiger partial charge in [-0.3, -0.25) is 9.59 Å². The third-order valence-corrected chi connectivity index (χ3v) is 4.90. The lowest BCUT2D eigenvalue weighted by Gasteiger charge is -2.38. The number of hydroxylamine groups is 1. The molecule has 0 fully saturated rings. The van der Waals surface area contributed by atoms with Crippen molar-refractivity contribution in [3.05, 3.63) is 58.1 Å². The molecule has 1 aliphatic heterocycles. The Morgan fingerprint density at radius 3 is 2.91 bits per heavy atom. The third-order valence-electron chi connectivity index (χ3n) is 4.90. The van der Waals surface area contributed by atoms with E-state index in [2.05, 4.69) is 12.4 Å². The van der Waals surface area contributed by atoms with Crippen LogP contribution in [0, 0.1) is 5.41 Å². The van der Waals surface area contributed by atoms with Crippen LogP contribution >= 0.6 is 0 Å². The summed E-state index contributed by atoms with van der Waals surface area (Å²) in [6, 6.07) is 0. The molecule has 0 aromatic carbocycles. The van der Waals surface area contributed by atoms with Crippen LogP contribution < -0.4 is 5.48 Å². The second kappa shape index (κ2) is 4.80. The molecule has 1 heterocycles. The lowest BCUT2D eigenvalue weighted by molar-refractivity contribution is -0.133. The second-order valence-electron chi connectivity index (χ2n) is 6.32. The SMILES string of the molecule is COC1=CC2=C3C(=O)C(=O)C4=C(ONCC4)C3=CCC2(C)C=C1. The van der Waals surface area contributed by atoms with Crippen LogP contribution in [0.25, 0.3) is 0 Å². The van der Waals surface area contributed by atoms with Gasteiger partial charge in [-0.2, -0.15) is 5.48 Å². The molecule has 0 saturated carbocycles. The summed E-state index contributed by atoms with van der Waals surface area (Å²) in [5.41, 5.74) is 4.99. The second-order valence-corrected chi connectivity index (χ2v) is 6.32. The summed E-state index contributed by atoms with van der Waals surface area (Å²) in [5, 5.41) is 0. The summed E-state index contributed by atoms with van der Waals surface area (Å²) >= 11 is 0. The number of Topliss-reactive ketones (excluding diaryl/α,β-unsaturated/α-hetero) is 2. The van der Waals surface area contributed by atoms with Gasteiger partial charge < -0.3 is 9.57 Å². The Morgan fingerprint density at radius 1 is 1.30 bits per heavy atom. The first-order valence-electron chi connectivity index (χ1n) is 7.67. The minimum Gasteiger partial charge on any atom is -0.497 e. The molecule has 5 heteroatoms. The summed E-state index contributed by atoms with van der Waals surface area (Å²) in [5.74, 6) is 0.289. The fourth-order valence-corrected chi connectivity index (χ4v) is 3.54. The van der Waals surface area contributed by atoms with Crippen LogP contribution in [0.5, 0.6) is 0 Å². The van der Waals surface area contributed by atoms with Gasteiger partial charge in [0.1, 0.15) is 5.76 Å². The Labute approximate surface area is 134 Å². The summed E-state index contributed by atoms with van der Waals surface area (Å²) < 4.78 is 5.30. The van der Waals surface area contributed by atoms with Crippen LogP contribution in [-0.4, -0.2) is 25.2 Å². The fourth-order valence-electron chi connectivity index (χ4n) is 3.54. The highest BCUT2D eigenvalue weighted by atomic mass is 16.6. The van der Waals surface area contributed by atoms with Crippen LogP contribution in [0.2, 0.25) is 0 Å². The average molecular weight is 311 g/mol. The summed E-state index contributed by atoms with van der Waals surface area (Å²) in [7, 11) is 1.59. The number of fused-ring (bicyclic) bond motifs is 3. The van der Waals surface area contributed by atoms with Crippen molar-refractivity contribution in [3.63, 3.8) is 0 Å². The maximum absolute atomic E-state index is 12.8. The van der Waals surface area contributed by atoms with E-state index in [0.29, 0.717) is 35.6 Å². The van der Waals surface area contributed by atoms with E-state index in [4.69, 9.17) is 9.57 Å². The topological polar surface area (TPSA) is 64.6 Å². The smallest absolute Gasteiger partial charge is 0.234 e. The summed E-state index contributed by atoms with van der Waals surface area (Å²) in [6.07, 6.45) is 9.05. The molecular weight excluding hydrogens is 294 g/mol. The lowest BCUT2D eigenvalue weighted by Crippen LogP contribution is -2.38. The maximum Gasteiger partial charge on any atom is 0.234 e. The normalized spacial score (nSPS) is 29.3. The zero-order valence-electron chi connectivity index (χ0n) is 13.1. The predicted octanol–water partition coefficient (Wildman–Crippen LogP) is 2.05. The van der Waals surface area contributed by atoms with E-state index >= 15 is 0 Å². The van der Waals surface area contributed by atoms with Crippen molar-refractivity contribution in [1.29, 1.82) is 0 Å². The van der Waals surface area contributed by atoms with Crippen molar-refractivity contribution >= 4 is 11.6 Å². The minimum absolute atomic E-state index is 0.309. The van der Waals surface area contributed by atoms with E-state index in [-0.39, 0.29) is 5.41 Å². The zero-order chi connectivity index (χ0) is 16.2. The van der Waals surface area contributed by atoms with Gasteiger partial charge in [-0.25, -0.2) is 0 Å². The average Bonchev–Trinajstić information content (AvgIpc) is 2.58. The van der Waals surface area contributed by atoms with Gasteiger partial charge in [0.2, 0.25) is 11.6 Å². The fraction of sp³-hybridized carbons (Fsp3) is 0.333. The molecule has 1 N–H and O–H groups in total. The van der Waals surface area contributed by atoms with Crippen molar-refractivity contribution in [1.82, 2.24) is 5.48 Å². The maximum atomic E-state index is 12.8. The van der Waals surface area contributed by atoms with Crippen LogP contribution in [-0.2, 0) is 19.2 Å². The molecular formula is C18H17NO4. The molecule has 0 bridgehead atoms. The van der Waals surface area contributed by atoms with Gasteiger partial charge in [-0.15, -0.1) is 0 Å². The molecule has 0 amide bonds. The number of ether oxygens (including phenoxy) is 1. The number of allylic oxidation sites excluding steroid dienone is 6. The first-order valence-corrected chi connectivity index (χ1v) is 7.67. The van der Waals surface area contributed by atoms with Crippen molar-refractivity contribution in [3.8, 4) is 0 Å². The molecule has 3 aliphatic carbocycles. The van der Waals surface area contributed by atoms with Gasteiger partial charge in [-0.1, -0.05) is 19.1 Å². The summed E-state index contributed by atoms with van der Waals surface area (Å²) in [6.45, 7) is 2.59. The monoisotopic (exact) mass is 311 g/mol. The van der Waals surface area contributed by atoms with Gasteiger partial charge in [-0.05, 0) is 30.6 Å². The van der Waals surface area contributed by atoms with Crippen LogP contribution in [0.1, 0.15) is 19.8 Å². The molecule has 1 unspecified atom stereocenters. The van der Waals surface area contributed by atoms with Crippen LogP contribution in [0.4, 0.5) is 0 Å².